The van der Waals surface area contributed by atoms with E-state index < -0.39 is 6.17 Å². The van der Waals surface area contributed by atoms with Crippen LogP contribution in [0.1, 0.15) is 17.4 Å². The lowest BCUT2D eigenvalue weighted by Crippen LogP contribution is -2.37. The fourth-order valence-electron chi connectivity index (χ4n) is 2.73. The first-order valence-corrected chi connectivity index (χ1v) is 7.98. The molecule has 3 aromatic rings. The molecule has 1 aliphatic rings. The maximum absolute atomic E-state index is 13.1. The molecule has 0 radical (unpaired) electrons. The number of halogens is 1. The van der Waals surface area contributed by atoms with E-state index >= 15 is 0 Å². The van der Waals surface area contributed by atoms with Crippen LogP contribution in [0.5, 0.6) is 0 Å². The summed E-state index contributed by atoms with van der Waals surface area (Å²) in [6.45, 7) is 1.75. The first-order chi connectivity index (χ1) is 12.6. The van der Waals surface area contributed by atoms with Crippen LogP contribution in [0.3, 0.4) is 0 Å². The topological polar surface area (TPSA) is 84.2 Å². The standard InChI is InChI=1S/C18H15FN6O/c1-11-9-15(26)25-16(12-3-2-8-20-10-12)23-17(24-18(25)21-11)22-14-6-4-13(19)5-7-14/h2-10,16H,1H3,(H2,21,22,23,24)/t16-/m1/s1. The molecule has 3 heterocycles. The fraction of sp³-hybridized carbons (Fsp3) is 0.111. The number of aliphatic imine (C=N–C) groups is 1. The van der Waals surface area contributed by atoms with Gasteiger partial charge in [-0.25, -0.2) is 14.4 Å². The van der Waals surface area contributed by atoms with Gasteiger partial charge in [0, 0.05) is 35.4 Å². The number of aryl methyl sites for hydroxylation is 1. The molecule has 1 atom stereocenters. The Labute approximate surface area is 148 Å². The summed E-state index contributed by atoms with van der Waals surface area (Å²) in [6, 6.07) is 11.0. The number of aromatic nitrogens is 3. The molecule has 2 aromatic heterocycles. The molecule has 0 spiro atoms. The summed E-state index contributed by atoms with van der Waals surface area (Å²) < 4.78 is 14.6. The van der Waals surface area contributed by atoms with Crippen molar-refractivity contribution in [2.24, 2.45) is 4.99 Å². The van der Waals surface area contributed by atoms with E-state index in [1.165, 1.54) is 22.8 Å². The number of rotatable bonds is 2. The van der Waals surface area contributed by atoms with E-state index in [0.29, 0.717) is 23.3 Å². The molecular formula is C18H15FN6O. The minimum Gasteiger partial charge on any atom is -0.326 e. The van der Waals surface area contributed by atoms with Crippen LogP contribution in [0.4, 0.5) is 16.0 Å². The molecule has 2 N–H and O–H groups in total. The molecule has 0 fully saturated rings. The number of guanidine groups is 1. The Morgan fingerprint density at radius 2 is 2.04 bits per heavy atom. The molecule has 0 saturated carbocycles. The molecule has 0 amide bonds. The summed E-state index contributed by atoms with van der Waals surface area (Å²) in [5, 5.41) is 6.10. The van der Waals surface area contributed by atoms with Crippen molar-refractivity contribution >= 4 is 17.6 Å². The number of benzene rings is 1. The normalized spacial score (nSPS) is 15.6. The lowest BCUT2D eigenvalue weighted by atomic mass is 10.2. The highest BCUT2D eigenvalue weighted by atomic mass is 19.1. The monoisotopic (exact) mass is 350 g/mol. The highest BCUT2D eigenvalue weighted by Gasteiger charge is 2.25. The number of fused-ring (bicyclic) bond motifs is 1. The van der Waals surface area contributed by atoms with E-state index in [0.717, 1.165) is 5.56 Å². The number of nitrogens with zero attached hydrogens (tertiary/aromatic N) is 4. The Kier molecular flexibility index (Phi) is 3.92. The molecule has 0 saturated heterocycles. The number of anilines is 2. The van der Waals surface area contributed by atoms with Crippen molar-refractivity contribution in [3.8, 4) is 0 Å². The van der Waals surface area contributed by atoms with E-state index in [-0.39, 0.29) is 11.4 Å². The SMILES string of the molecule is Cc1cc(=O)n2c(n1)NC(Nc1ccc(F)cc1)=N[C@H]2c1cccnc1. The lowest BCUT2D eigenvalue weighted by molar-refractivity contribution is 0.575. The third-order valence-electron chi connectivity index (χ3n) is 3.90. The predicted molar refractivity (Wildman–Crippen MR) is 96.7 cm³/mol. The van der Waals surface area contributed by atoms with Gasteiger partial charge in [0.15, 0.2) is 6.17 Å². The van der Waals surface area contributed by atoms with Gasteiger partial charge >= 0.3 is 0 Å². The van der Waals surface area contributed by atoms with Crippen LogP contribution in [-0.4, -0.2) is 20.5 Å². The molecule has 4 rings (SSSR count). The van der Waals surface area contributed by atoms with Gasteiger partial charge in [0.05, 0.1) is 0 Å². The molecule has 7 nitrogen and oxygen atoms in total. The second kappa shape index (κ2) is 6.40. The second-order valence-corrected chi connectivity index (χ2v) is 5.82. The Hall–Kier alpha value is -3.55. The molecule has 0 bridgehead atoms. The molecule has 26 heavy (non-hydrogen) atoms. The summed E-state index contributed by atoms with van der Waals surface area (Å²) in [5.74, 6) is 0.461. The van der Waals surface area contributed by atoms with Crippen LogP contribution in [0, 0.1) is 12.7 Å². The highest BCUT2D eigenvalue weighted by Crippen LogP contribution is 2.25. The van der Waals surface area contributed by atoms with Crippen LogP contribution >= 0.6 is 0 Å². The highest BCUT2D eigenvalue weighted by molar-refractivity contribution is 6.03. The summed E-state index contributed by atoms with van der Waals surface area (Å²) in [7, 11) is 0. The molecule has 1 aromatic carbocycles. The van der Waals surface area contributed by atoms with Gasteiger partial charge in [0.2, 0.25) is 11.9 Å². The maximum Gasteiger partial charge on any atom is 0.257 e. The second-order valence-electron chi connectivity index (χ2n) is 5.82. The largest absolute Gasteiger partial charge is 0.326 e. The fourth-order valence-corrected chi connectivity index (χ4v) is 2.73. The molecular weight excluding hydrogens is 335 g/mol. The third kappa shape index (κ3) is 3.04. The zero-order chi connectivity index (χ0) is 18.1. The van der Waals surface area contributed by atoms with Crippen molar-refractivity contribution in [3.63, 3.8) is 0 Å². The Bertz CT molecular complexity index is 1030. The van der Waals surface area contributed by atoms with E-state index in [1.54, 1.807) is 37.5 Å². The van der Waals surface area contributed by atoms with Gasteiger partial charge in [0.25, 0.3) is 5.56 Å². The van der Waals surface area contributed by atoms with Gasteiger partial charge in [-0.2, -0.15) is 0 Å². The summed E-state index contributed by atoms with van der Waals surface area (Å²) >= 11 is 0. The number of hydrogen-bond donors (Lipinski definition) is 2. The van der Waals surface area contributed by atoms with Crippen LogP contribution in [0.2, 0.25) is 0 Å². The zero-order valence-corrected chi connectivity index (χ0v) is 13.8. The molecule has 0 unspecified atom stereocenters. The quantitative estimate of drug-likeness (QED) is 0.742. The number of pyridine rings is 1. The zero-order valence-electron chi connectivity index (χ0n) is 13.8. The van der Waals surface area contributed by atoms with Crippen LogP contribution < -0.4 is 16.2 Å². The maximum atomic E-state index is 13.1. The smallest absolute Gasteiger partial charge is 0.257 e. The van der Waals surface area contributed by atoms with E-state index in [2.05, 4.69) is 25.6 Å². The van der Waals surface area contributed by atoms with Gasteiger partial charge in [-0.05, 0) is 37.3 Å². The van der Waals surface area contributed by atoms with Crippen LogP contribution in [-0.2, 0) is 0 Å². The number of hydrogen-bond acceptors (Lipinski definition) is 6. The first kappa shape index (κ1) is 15.9. The van der Waals surface area contributed by atoms with Gasteiger partial charge in [0.1, 0.15) is 5.82 Å². The van der Waals surface area contributed by atoms with Crippen LogP contribution in [0.25, 0.3) is 0 Å². The van der Waals surface area contributed by atoms with Gasteiger partial charge in [-0.15, -0.1) is 0 Å². The van der Waals surface area contributed by atoms with Crippen molar-refractivity contribution in [3.05, 3.63) is 82.3 Å². The van der Waals surface area contributed by atoms with Crippen molar-refractivity contribution in [1.29, 1.82) is 0 Å². The number of nitrogens with one attached hydrogen (secondary N) is 2. The summed E-state index contributed by atoms with van der Waals surface area (Å²) in [5.41, 5.74) is 1.80. The first-order valence-electron chi connectivity index (χ1n) is 7.98. The Morgan fingerprint density at radius 3 is 2.77 bits per heavy atom. The Balaban J connectivity index is 1.78. The minimum absolute atomic E-state index is 0.210. The van der Waals surface area contributed by atoms with Gasteiger partial charge in [-0.3, -0.25) is 19.7 Å². The minimum atomic E-state index is -0.608. The van der Waals surface area contributed by atoms with Crippen LogP contribution in [0.15, 0.2) is 64.6 Å². The lowest BCUT2D eigenvalue weighted by Gasteiger charge is -2.26. The van der Waals surface area contributed by atoms with E-state index in [4.69, 9.17) is 0 Å². The summed E-state index contributed by atoms with van der Waals surface area (Å²) in [6.07, 6.45) is 2.71. The molecule has 130 valence electrons. The third-order valence-corrected chi connectivity index (χ3v) is 3.90. The van der Waals surface area contributed by atoms with E-state index in [9.17, 15) is 9.18 Å². The van der Waals surface area contributed by atoms with E-state index in [1.807, 2.05) is 6.07 Å². The molecule has 1 aliphatic heterocycles. The molecule has 8 heteroatoms. The predicted octanol–water partition coefficient (Wildman–Crippen LogP) is 2.53. The average Bonchev–Trinajstić information content (AvgIpc) is 2.63. The Morgan fingerprint density at radius 1 is 1.23 bits per heavy atom. The van der Waals surface area contributed by atoms with Crippen molar-refractivity contribution in [1.82, 2.24) is 14.5 Å². The van der Waals surface area contributed by atoms with Crippen molar-refractivity contribution in [2.45, 2.75) is 13.1 Å². The van der Waals surface area contributed by atoms with Crippen molar-refractivity contribution < 1.29 is 4.39 Å². The van der Waals surface area contributed by atoms with Crippen molar-refractivity contribution in [2.75, 3.05) is 10.6 Å². The summed E-state index contributed by atoms with van der Waals surface area (Å²) in [4.78, 5) is 25.6. The average molecular weight is 350 g/mol. The van der Waals surface area contributed by atoms with Gasteiger partial charge < -0.3 is 5.32 Å². The van der Waals surface area contributed by atoms with Gasteiger partial charge in [-0.1, -0.05) is 6.07 Å². The molecule has 0 aliphatic carbocycles.